The van der Waals surface area contributed by atoms with Gasteiger partial charge in [-0.25, -0.2) is 0 Å². The smallest absolute Gasteiger partial charge is 0.120 e. The molecule has 0 amide bonds. The van der Waals surface area contributed by atoms with Crippen molar-refractivity contribution in [3.8, 4) is 0 Å². The molecule has 1 saturated heterocycles. The summed E-state index contributed by atoms with van der Waals surface area (Å²) in [5.74, 6) is 1.06. The van der Waals surface area contributed by atoms with Gasteiger partial charge in [-0.05, 0) is 39.1 Å². The van der Waals surface area contributed by atoms with Gasteiger partial charge in [0.25, 0.3) is 0 Å². The first kappa shape index (κ1) is 12.6. The van der Waals surface area contributed by atoms with Crippen LogP contribution in [0.1, 0.15) is 25.1 Å². The van der Waals surface area contributed by atoms with Crippen LogP contribution < -0.4 is 5.32 Å². The van der Waals surface area contributed by atoms with Gasteiger partial charge < -0.3 is 9.73 Å². The summed E-state index contributed by atoms with van der Waals surface area (Å²) < 4.78 is 5.41. The first-order valence-electron chi connectivity index (χ1n) is 5.25. The average molecular weight is 231 g/mol. The zero-order valence-electron chi connectivity index (χ0n) is 9.27. The Morgan fingerprint density at radius 1 is 1.60 bits per heavy atom. The van der Waals surface area contributed by atoms with Crippen LogP contribution in [0, 0.1) is 0 Å². The fraction of sp³-hybridized carbons (Fsp3) is 0.636. The number of rotatable bonds is 3. The molecular formula is C11H19ClN2O. The third-order valence-corrected chi connectivity index (χ3v) is 3.18. The van der Waals surface area contributed by atoms with E-state index in [9.17, 15) is 0 Å². The first-order valence-corrected chi connectivity index (χ1v) is 5.25. The van der Waals surface area contributed by atoms with Crippen LogP contribution in [0.5, 0.6) is 0 Å². The van der Waals surface area contributed by atoms with Crippen LogP contribution in [-0.4, -0.2) is 31.1 Å². The van der Waals surface area contributed by atoms with E-state index in [-0.39, 0.29) is 12.4 Å². The Bertz CT molecular complexity index is 270. The summed E-state index contributed by atoms with van der Waals surface area (Å²) >= 11 is 0. The second kappa shape index (κ2) is 5.54. The maximum atomic E-state index is 5.41. The van der Waals surface area contributed by atoms with E-state index in [2.05, 4.69) is 24.2 Å². The molecule has 1 aromatic rings. The lowest BCUT2D eigenvalue weighted by Gasteiger charge is -2.28. The molecule has 1 aliphatic heterocycles. The highest BCUT2D eigenvalue weighted by atomic mass is 35.5. The molecule has 2 rings (SSSR count). The predicted octanol–water partition coefficient (Wildman–Crippen LogP) is 2.06. The van der Waals surface area contributed by atoms with Crippen molar-refractivity contribution in [2.45, 2.75) is 25.4 Å². The maximum Gasteiger partial charge on any atom is 0.120 e. The number of nitrogens with zero attached hydrogens (tertiary/aromatic N) is 1. The van der Waals surface area contributed by atoms with Gasteiger partial charge >= 0.3 is 0 Å². The van der Waals surface area contributed by atoms with Crippen molar-refractivity contribution in [3.63, 3.8) is 0 Å². The molecule has 1 aromatic heterocycles. The molecule has 1 aliphatic rings. The van der Waals surface area contributed by atoms with Gasteiger partial charge in [0.2, 0.25) is 0 Å². The standard InChI is InChI=1S/C11H18N2O.ClH/c1-9(11-4-3-7-14-11)13(2)10-5-6-12-8-10;/h3-4,7,9-10,12H,5-6,8H2,1-2H3;1H/t9?,10-;/m0./s1. The number of nitrogens with one attached hydrogen (secondary N) is 1. The van der Waals surface area contributed by atoms with E-state index in [4.69, 9.17) is 4.42 Å². The first-order chi connectivity index (χ1) is 6.79. The van der Waals surface area contributed by atoms with Crippen LogP contribution >= 0.6 is 12.4 Å². The second-order valence-corrected chi connectivity index (χ2v) is 4.00. The van der Waals surface area contributed by atoms with Crippen molar-refractivity contribution in [3.05, 3.63) is 24.2 Å². The van der Waals surface area contributed by atoms with Gasteiger partial charge in [0.05, 0.1) is 12.3 Å². The number of hydrogen-bond acceptors (Lipinski definition) is 3. The molecule has 1 N–H and O–H groups in total. The third kappa shape index (κ3) is 2.74. The van der Waals surface area contributed by atoms with Gasteiger partial charge in [0.15, 0.2) is 0 Å². The quantitative estimate of drug-likeness (QED) is 0.862. The van der Waals surface area contributed by atoms with E-state index < -0.39 is 0 Å². The van der Waals surface area contributed by atoms with E-state index in [0.29, 0.717) is 12.1 Å². The molecule has 1 unspecified atom stereocenters. The maximum absolute atomic E-state index is 5.41. The molecule has 2 heterocycles. The molecule has 0 bridgehead atoms. The number of likely N-dealkylation sites (N-methyl/N-ethyl adjacent to an activating group) is 1. The minimum Gasteiger partial charge on any atom is -0.468 e. The van der Waals surface area contributed by atoms with Crippen molar-refractivity contribution in [1.29, 1.82) is 0 Å². The molecule has 0 aliphatic carbocycles. The summed E-state index contributed by atoms with van der Waals surface area (Å²) in [5, 5.41) is 3.38. The zero-order valence-corrected chi connectivity index (χ0v) is 10.1. The van der Waals surface area contributed by atoms with E-state index in [1.165, 1.54) is 6.42 Å². The summed E-state index contributed by atoms with van der Waals surface area (Å²) in [7, 11) is 2.17. The molecule has 86 valence electrons. The van der Waals surface area contributed by atoms with Crippen LogP contribution in [-0.2, 0) is 0 Å². The van der Waals surface area contributed by atoms with Gasteiger partial charge in [0, 0.05) is 12.6 Å². The number of halogens is 1. The van der Waals surface area contributed by atoms with E-state index >= 15 is 0 Å². The normalized spacial score (nSPS) is 22.7. The Kier molecular flexibility index (Phi) is 4.64. The fourth-order valence-corrected chi connectivity index (χ4v) is 2.03. The molecule has 1 fully saturated rings. The molecule has 3 nitrogen and oxygen atoms in total. The number of hydrogen-bond donors (Lipinski definition) is 1. The Hall–Kier alpha value is -0.510. The fourth-order valence-electron chi connectivity index (χ4n) is 2.03. The molecule has 0 saturated carbocycles. The van der Waals surface area contributed by atoms with Crippen molar-refractivity contribution < 1.29 is 4.42 Å². The Balaban J connectivity index is 0.00000112. The monoisotopic (exact) mass is 230 g/mol. The summed E-state index contributed by atoms with van der Waals surface area (Å²) in [5.41, 5.74) is 0. The average Bonchev–Trinajstić information content (AvgIpc) is 2.87. The van der Waals surface area contributed by atoms with Gasteiger partial charge in [0.1, 0.15) is 5.76 Å². The highest BCUT2D eigenvalue weighted by Crippen LogP contribution is 2.22. The molecule has 4 heteroatoms. The van der Waals surface area contributed by atoms with Crippen LogP contribution in [0.4, 0.5) is 0 Å². The lowest BCUT2D eigenvalue weighted by molar-refractivity contribution is 0.176. The van der Waals surface area contributed by atoms with E-state index in [1.54, 1.807) is 6.26 Å². The highest BCUT2D eigenvalue weighted by Gasteiger charge is 2.24. The molecule has 0 aromatic carbocycles. The lowest BCUT2D eigenvalue weighted by atomic mass is 10.1. The van der Waals surface area contributed by atoms with Crippen molar-refractivity contribution in [1.82, 2.24) is 10.2 Å². The molecule has 0 radical (unpaired) electrons. The minimum absolute atomic E-state index is 0. The van der Waals surface area contributed by atoms with Crippen LogP contribution in [0.3, 0.4) is 0 Å². The Morgan fingerprint density at radius 3 is 2.93 bits per heavy atom. The number of furan rings is 1. The second-order valence-electron chi connectivity index (χ2n) is 4.00. The van der Waals surface area contributed by atoms with Crippen LogP contribution in [0.25, 0.3) is 0 Å². The molecule has 2 atom stereocenters. The molecule has 15 heavy (non-hydrogen) atoms. The van der Waals surface area contributed by atoms with Gasteiger partial charge in [-0.1, -0.05) is 0 Å². The van der Waals surface area contributed by atoms with Crippen molar-refractivity contribution in [2.75, 3.05) is 20.1 Å². The van der Waals surface area contributed by atoms with Gasteiger partial charge in [-0.3, -0.25) is 4.90 Å². The highest BCUT2D eigenvalue weighted by molar-refractivity contribution is 5.85. The van der Waals surface area contributed by atoms with Gasteiger partial charge in [-0.15, -0.1) is 12.4 Å². The van der Waals surface area contributed by atoms with E-state index in [0.717, 1.165) is 18.8 Å². The SMILES string of the molecule is CC(c1ccco1)N(C)[C@H]1CCNC1.Cl. The summed E-state index contributed by atoms with van der Waals surface area (Å²) in [6.45, 7) is 4.43. The van der Waals surface area contributed by atoms with E-state index in [1.807, 2.05) is 12.1 Å². The molecule has 0 spiro atoms. The molecular weight excluding hydrogens is 212 g/mol. The summed E-state index contributed by atoms with van der Waals surface area (Å²) in [4.78, 5) is 2.39. The van der Waals surface area contributed by atoms with Crippen LogP contribution in [0.15, 0.2) is 22.8 Å². The predicted molar refractivity (Wildman–Crippen MR) is 63.4 cm³/mol. The zero-order chi connectivity index (χ0) is 9.97. The topological polar surface area (TPSA) is 28.4 Å². The van der Waals surface area contributed by atoms with Crippen molar-refractivity contribution in [2.24, 2.45) is 0 Å². The van der Waals surface area contributed by atoms with Gasteiger partial charge in [-0.2, -0.15) is 0 Å². The largest absolute Gasteiger partial charge is 0.468 e. The minimum atomic E-state index is 0. The van der Waals surface area contributed by atoms with Crippen molar-refractivity contribution >= 4 is 12.4 Å². The Labute approximate surface area is 97.2 Å². The lowest BCUT2D eigenvalue weighted by Crippen LogP contribution is -2.35. The third-order valence-electron chi connectivity index (χ3n) is 3.18. The summed E-state index contributed by atoms with van der Waals surface area (Å²) in [6.07, 6.45) is 2.98. The van der Waals surface area contributed by atoms with Crippen LogP contribution in [0.2, 0.25) is 0 Å². The summed E-state index contributed by atoms with van der Waals surface area (Å²) in [6, 6.07) is 5.01. The Morgan fingerprint density at radius 2 is 2.40 bits per heavy atom.